The summed E-state index contributed by atoms with van der Waals surface area (Å²) in [5.74, 6) is 0.402. The monoisotopic (exact) mass is 218 g/mol. The van der Waals surface area contributed by atoms with E-state index in [4.69, 9.17) is 0 Å². The van der Waals surface area contributed by atoms with Crippen LogP contribution in [0.4, 0.5) is 0 Å². The smallest absolute Gasteiger partial charge is 0.144 e. The van der Waals surface area contributed by atoms with Crippen LogP contribution in [0.1, 0.15) is 0 Å². The molecule has 5 heteroatoms. The van der Waals surface area contributed by atoms with Crippen molar-refractivity contribution >= 4 is 35.9 Å². The van der Waals surface area contributed by atoms with E-state index in [9.17, 15) is 4.21 Å². The molecule has 0 fully saturated rings. The van der Waals surface area contributed by atoms with Crippen molar-refractivity contribution in [3.05, 3.63) is 0 Å². The second-order valence-electron chi connectivity index (χ2n) is 1.12. The number of alkyl halides is 1. The van der Waals surface area contributed by atoms with Crippen LogP contribution >= 0.6 is 15.9 Å². The maximum Gasteiger partial charge on any atom is 0.144 e. The summed E-state index contributed by atoms with van der Waals surface area (Å²) in [5, 5.41) is 0.628. The van der Waals surface area contributed by atoms with Gasteiger partial charge >= 0.3 is 0 Å². The Hall–Kier alpha value is 0.810. The molecule has 0 amide bonds. The lowest BCUT2D eigenvalue weighted by Crippen LogP contribution is -2.06. The average Bonchev–Trinajstić information content (AvgIpc) is 1.67. The molecule has 0 rings (SSSR count). The van der Waals surface area contributed by atoms with Crippen molar-refractivity contribution in [2.75, 3.05) is 18.2 Å². The zero-order valence-corrected chi connectivity index (χ0v) is 7.64. The molecular weight excluding hydrogens is 212 g/mol. The van der Waals surface area contributed by atoms with Crippen LogP contribution < -0.4 is 0 Å². The molecule has 0 radical (unpaired) electrons. The summed E-state index contributed by atoms with van der Waals surface area (Å²) in [7, 11) is -1.02. The number of hydrogen-bond donors (Lipinski definition) is 0. The highest BCUT2D eigenvalue weighted by Crippen LogP contribution is 1.92. The Morgan fingerprint density at radius 2 is 2.38 bits per heavy atom. The van der Waals surface area contributed by atoms with Gasteiger partial charge in [-0.3, -0.25) is 4.18 Å². The predicted molar refractivity (Wildman–Crippen MR) is 41.2 cm³/mol. The van der Waals surface area contributed by atoms with Gasteiger partial charge in [-0.1, -0.05) is 15.9 Å². The van der Waals surface area contributed by atoms with E-state index in [0.717, 1.165) is 0 Å². The van der Waals surface area contributed by atoms with E-state index in [2.05, 4.69) is 31.3 Å². The second kappa shape index (κ2) is 3.76. The number of halogens is 1. The molecule has 0 heterocycles. The van der Waals surface area contributed by atoms with Crippen LogP contribution in [0.3, 0.4) is 0 Å². The number of hydrogen-bond acceptors (Lipinski definition) is 3. The molecule has 8 heavy (non-hydrogen) atoms. The van der Waals surface area contributed by atoms with E-state index in [-0.39, 0.29) is 0 Å². The van der Waals surface area contributed by atoms with Gasteiger partial charge < -0.3 is 0 Å². The molecule has 2 nitrogen and oxygen atoms in total. The standard InChI is InChI=1S/C3H7BrO2S2/c1-6-8(5,7)3-2-4/h2-3H2,1H3. The Morgan fingerprint density at radius 1 is 1.88 bits per heavy atom. The fourth-order valence-corrected chi connectivity index (χ4v) is 2.70. The zero-order valence-electron chi connectivity index (χ0n) is 4.43. The van der Waals surface area contributed by atoms with E-state index in [1.807, 2.05) is 0 Å². The van der Waals surface area contributed by atoms with Crippen LogP contribution in [0.15, 0.2) is 0 Å². The normalized spacial score (nSPS) is 17.8. The van der Waals surface area contributed by atoms with E-state index >= 15 is 0 Å². The fourth-order valence-electron chi connectivity index (χ4n) is 0.178. The van der Waals surface area contributed by atoms with Gasteiger partial charge in [0.15, 0.2) is 0 Å². The van der Waals surface area contributed by atoms with Gasteiger partial charge in [0.1, 0.15) is 8.77 Å². The number of rotatable bonds is 3. The molecular formula is C3H7BrO2S2. The Morgan fingerprint density at radius 3 is 2.50 bits per heavy atom. The van der Waals surface area contributed by atoms with Crippen LogP contribution in [0.2, 0.25) is 0 Å². The zero-order chi connectivity index (χ0) is 6.62. The van der Waals surface area contributed by atoms with Crippen molar-refractivity contribution in [1.29, 1.82) is 0 Å². The van der Waals surface area contributed by atoms with E-state index in [1.54, 1.807) is 0 Å². The van der Waals surface area contributed by atoms with Gasteiger partial charge in [-0.15, -0.1) is 0 Å². The van der Waals surface area contributed by atoms with Gasteiger partial charge in [-0.25, -0.2) is 4.21 Å². The Balaban J connectivity index is 3.76. The Labute approximate surface area is 62.6 Å². The maximum atomic E-state index is 10.7. The molecule has 0 N–H and O–H groups in total. The summed E-state index contributed by atoms with van der Waals surface area (Å²) < 4.78 is 15.2. The van der Waals surface area contributed by atoms with Crippen molar-refractivity contribution in [1.82, 2.24) is 0 Å². The molecule has 0 aromatic carbocycles. The third kappa shape index (κ3) is 3.77. The lowest BCUT2D eigenvalue weighted by atomic mass is 11.0. The molecule has 0 bridgehead atoms. The summed E-state index contributed by atoms with van der Waals surface area (Å²) >= 11 is 7.62. The molecule has 0 aromatic rings. The summed E-state index contributed by atoms with van der Waals surface area (Å²) in [5.41, 5.74) is 0. The summed E-state index contributed by atoms with van der Waals surface area (Å²) in [6.07, 6.45) is 0. The van der Waals surface area contributed by atoms with Crippen LogP contribution in [0.25, 0.3) is 0 Å². The second-order valence-corrected chi connectivity index (χ2v) is 5.29. The first-order chi connectivity index (χ1) is 3.62. The van der Waals surface area contributed by atoms with E-state index < -0.39 is 8.77 Å². The molecule has 0 spiro atoms. The van der Waals surface area contributed by atoms with Crippen molar-refractivity contribution in [3.8, 4) is 0 Å². The largest absolute Gasteiger partial charge is 0.293 e. The Bertz CT molecular complexity index is 139. The topological polar surface area (TPSA) is 26.3 Å². The fraction of sp³-hybridized carbons (Fsp3) is 1.00. The lowest BCUT2D eigenvalue weighted by molar-refractivity contribution is 0.445. The van der Waals surface area contributed by atoms with Gasteiger partial charge in [-0.05, 0) is 0 Å². The van der Waals surface area contributed by atoms with Gasteiger partial charge in [-0.2, -0.15) is 0 Å². The molecule has 0 aliphatic carbocycles. The van der Waals surface area contributed by atoms with Crippen LogP contribution in [0, 0.1) is 0 Å². The first-order valence-corrected chi connectivity index (χ1v) is 5.66. The van der Waals surface area contributed by atoms with Crippen LogP contribution in [-0.2, 0) is 24.1 Å². The predicted octanol–water partition coefficient (Wildman–Crippen LogP) is 0.689. The van der Waals surface area contributed by atoms with Gasteiger partial charge in [0, 0.05) is 16.5 Å². The SMILES string of the molecule is COS(=O)(=S)CCBr. The maximum absolute atomic E-state index is 10.7. The third-order valence-electron chi connectivity index (χ3n) is 0.581. The third-order valence-corrected chi connectivity index (χ3v) is 3.62. The van der Waals surface area contributed by atoms with Crippen molar-refractivity contribution in [3.63, 3.8) is 0 Å². The van der Waals surface area contributed by atoms with E-state index in [1.165, 1.54) is 7.11 Å². The molecule has 1 atom stereocenters. The van der Waals surface area contributed by atoms with Crippen LogP contribution in [-0.4, -0.2) is 22.4 Å². The van der Waals surface area contributed by atoms with Gasteiger partial charge in [0.2, 0.25) is 0 Å². The highest BCUT2D eigenvalue weighted by molar-refractivity contribution is 9.09. The minimum atomic E-state index is -2.38. The van der Waals surface area contributed by atoms with E-state index in [0.29, 0.717) is 11.1 Å². The highest BCUT2D eigenvalue weighted by Gasteiger charge is 1.99. The highest BCUT2D eigenvalue weighted by atomic mass is 79.9. The van der Waals surface area contributed by atoms with Crippen molar-refractivity contribution in [2.45, 2.75) is 0 Å². The molecule has 50 valence electrons. The van der Waals surface area contributed by atoms with Crippen molar-refractivity contribution in [2.24, 2.45) is 0 Å². The Kier molecular flexibility index (Phi) is 4.14. The molecule has 1 unspecified atom stereocenters. The van der Waals surface area contributed by atoms with Gasteiger partial charge in [0.05, 0.1) is 12.9 Å². The lowest BCUT2D eigenvalue weighted by Gasteiger charge is -1.97. The molecule has 0 aliphatic rings. The quantitative estimate of drug-likeness (QED) is 0.653. The van der Waals surface area contributed by atoms with Crippen molar-refractivity contribution < 1.29 is 8.39 Å². The molecule has 0 saturated carbocycles. The summed E-state index contributed by atoms with van der Waals surface area (Å²) in [4.78, 5) is 0. The minimum absolute atomic E-state index is 0.402. The minimum Gasteiger partial charge on any atom is -0.293 e. The first kappa shape index (κ1) is 8.81. The molecule has 0 aromatic heterocycles. The van der Waals surface area contributed by atoms with Crippen LogP contribution in [0.5, 0.6) is 0 Å². The molecule has 0 aliphatic heterocycles. The van der Waals surface area contributed by atoms with Gasteiger partial charge in [0.25, 0.3) is 0 Å². The molecule has 0 saturated heterocycles. The average molecular weight is 219 g/mol. The summed E-state index contributed by atoms with van der Waals surface area (Å²) in [6.45, 7) is 0. The first-order valence-electron chi connectivity index (χ1n) is 1.96. The summed E-state index contributed by atoms with van der Waals surface area (Å²) in [6, 6.07) is 0.